The molecule has 48 heavy (non-hydrogen) atoms. The molecule has 14 heteroatoms. The number of hydrogen-bond acceptors (Lipinski definition) is 7. The van der Waals surface area contributed by atoms with Crippen molar-refractivity contribution in [1.29, 1.82) is 0 Å². The van der Waals surface area contributed by atoms with Gasteiger partial charge in [-0.3, -0.25) is 14.3 Å². The van der Waals surface area contributed by atoms with Gasteiger partial charge < -0.3 is 19.7 Å². The third kappa shape index (κ3) is 8.82. The summed E-state index contributed by atoms with van der Waals surface area (Å²) in [7, 11) is -3.22. The van der Waals surface area contributed by atoms with Crippen LogP contribution < -0.4 is 19.7 Å². The zero-order valence-electron chi connectivity index (χ0n) is 26.5. The summed E-state index contributed by atoms with van der Waals surface area (Å²) in [6, 6.07) is 14.2. The number of ether oxygens (including phenoxy) is 2. The first-order valence-corrected chi connectivity index (χ1v) is 18.5. The third-order valence-corrected chi connectivity index (χ3v) is 9.82. The van der Waals surface area contributed by atoms with E-state index in [0.717, 1.165) is 22.9 Å². The molecule has 0 bridgehead atoms. The molecule has 1 aliphatic heterocycles. The molecule has 5 rings (SSSR count). The number of nitrogens with one attached hydrogen (secondary N) is 1. The van der Waals surface area contributed by atoms with Crippen molar-refractivity contribution in [2.24, 2.45) is 0 Å². The molecule has 0 radical (unpaired) electrons. The molecule has 1 N–H and O–H groups in total. The summed E-state index contributed by atoms with van der Waals surface area (Å²) in [5, 5.41) is 8.25. The molecule has 0 spiro atoms. The Kier molecular flexibility index (Phi) is 11.6. The van der Waals surface area contributed by atoms with Crippen molar-refractivity contribution in [3.63, 3.8) is 0 Å². The molecule has 2 heterocycles. The average molecular weight is 734 g/mol. The normalized spacial score (nSPS) is 13.0. The van der Waals surface area contributed by atoms with Crippen LogP contribution in [0.1, 0.15) is 40.7 Å². The Morgan fingerprint density at radius 1 is 1.06 bits per heavy atom. The van der Waals surface area contributed by atoms with Crippen LogP contribution >= 0.6 is 34.8 Å². The molecule has 0 saturated carbocycles. The van der Waals surface area contributed by atoms with E-state index in [9.17, 15) is 18.0 Å². The fraction of sp³-hybridized carbons (Fsp3) is 0.324. The maximum absolute atomic E-state index is 13.4. The van der Waals surface area contributed by atoms with Gasteiger partial charge in [-0.2, -0.15) is 5.10 Å². The van der Waals surface area contributed by atoms with Crippen molar-refractivity contribution in [2.45, 2.75) is 32.7 Å². The van der Waals surface area contributed by atoms with Crippen molar-refractivity contribution in [1.82, 2.24) is 15.1 Å². The van der Waals surface area contributed by atoms with Gasteiger partial charge in [0.1, 0.15) is 15.6 Å². The van der Waals surface area contributed by atoms with Crippen LogP contribution in [0.5, 0.6) is 11.5 Å². The molecule has 3 aromatic carbocycles. The molecule has 1 aromatic heterocycles. The second-order valence-corrected chi connectivity index (χ2v) is 14.9. The number of amides is 2. The fourth-order valence-electron chi connectivity index (χ4n) is 5.27. The number of halogens is 3. The number of hydrogen-bond donors (Lipinski definition) is 1. The number of carbonyl (C=O) groups excluding carboxylic acids is 2. The van der Waals surface area contributed by atoms with Crippen molar-refractivity contribution in [3.8, 4) is 22.6 Å². The van der Waals surface area contributed by atoms with Gasteiger partial charge in [0.25, 0.3) is 5.91 Å². The van der Waals surface area contributed by atoms with Crippen LogP contribution in [0.3, 0.4) is 0 Å². The molecule has 1 aliphatic rings. The molecule has 2 amide bonds. The van der Waals surface area contributed by atoms with Gasteiger partial charge in [0, 0.05) is 74.8 Å². The van der Waals surface area contributed by atoms with Crippen LogP contribution in [-0.4, -0.2) is 68.3 Å². The lowest BCUT2D eigenvalue weighted by Gasteiger charge is -2.23. The number of sulfone groups is 1. The average Bonchev–Trinajstić information content (AvgIpc) is 3.39. The topological polar surface area (TPSA) is 120 Å². The minimum Gasteiger partial charge on any atom is -0.493 e. The Hall–Kier alpha value is -3.77. The molecule has 0 unspecified atom stereocenters. The largest absolute Gasteiger partial charge is 0.493 e. The molecule has 0 atom stereocenters. The summed E-state index contributed by atoms with van der Waals surface area (Å²) in [6.07, 6.45) is 6.18. The van der Waals surface area contributed by atoms with Crippen LogP contribution in [0.15, 0.2) is 60.9 Å². The zero-order chi connectivity index (χ0) is 34.4. The van der Waals surface area contributed by atoms with Gasteiger partial charge in [0.15, 0.2) is 5.75 Å². The Morgan fingerprint density at radius 3 is 2.56 bits per heavy atom. The van der Waals surface area contributed by atoms with Crippen molar-refractivity contribution >= 4 is 62.1 Å². The number of aromatic nitrogens is 2. The maximum atomic E-state index is 13.4. The van der Waals surface area contributed by atoms with Crippen molar-refractivity contribution in [3.05, 3.63) is 92.7 Å². The fourth-order valence-corrected chi connectivity index (χ4v) is 6.51. The second-order valence-electron chi connectivity index (χ2n) is 11.4. The Morgan fingerprint density at radius 2 is 1.81 bits per heavy atom. The van der Waals surface area contributed by atoms with Crippen molar-refractivity contribution < 1.29 is 27.5 Å². The molecule has 4 aromatic rings. The summed E-state index contributed by atoms with van der Waals surface area (Å²) in [4.78, 5) is 27.7. The summed E-state index contributed by atoms with van der Waals surface area (Å²) in [5.74, 6) is 0.647. The highest BCUT2D eigenvalue weighted by Crippen LogP contribution is 2.40. The van der Waals surface area contributed by atoms with E-state index in [0.29, 0.717) is 66.8 Å². The smallest absolute Gasteiger partial charge is 0.251 e. The van der Waals surface area contributed by atoms with Gasteiger partial charge in [-0.05, 0) is 50.1 Å². The molecule has 10 nitrogen and oxygen atoms in total. The van der Waals surface area contributed by atoms with Crippen LogP contribution in [-0.2, 0) is 21.2 Å². The molecular formula is C34H35Cl3N4O6S. The zero-order valence-corrected chi connectivity index (χ0v) is 29.6. The minimum atomic E-state index is -3.22. The summed E-state index contributed by atoms with van der Waals surface area (Å²) < 4.78 is 36.5. The quantitative estimate of drug-likeness (QED) is 0.163. The van der Waals surface area contributed by atoms with E-state index in [1.54, 1.807) is 15.8 Å². The van der Waals surface area contributed by atoms with Gasteiger partial charge in [-0.25, -0.2) is 8.42 Å². The highest BCUT2D eigenvalue weighted by atomic mass is 35.5. The minimum absolute atomic E-state index is 0.0159. The van der Waals surface area contributed by atoms with E-state index in [1.807, 2.05) is 49.5 Å². The predicted octanol–water partition coefficient (Wildman–Crippen LogP) is 6.62. The van der Waals surface area contributed by atoms with E-state index in [2.05, 4.69) is 10.4 Å². The first-order valence-electron chi connectivity index (χ1n) is 15.3. The summed E-state index contributed by atoms with van der Waals surface area (Å²) in [5.41, 5.74) is 3.92. The summed E-state index contributed by atoms with van der Waals surface area (Å²) in [6.45, 7) is 3.48. The number of rotatable bonds is 12. The van der Waals surface area contributed by atoms with Crippen LogP contribution in [0.4, 0.5) is 5.69 Å². The molecule has 0 saturated heterocycles. The Labute approximate surface area is 294 Å². The number of fused-ring (bicyclic) bond motifs is 1. The number of benzene rings is 3. The predicted molar refractivity (Wildman–Crippen MR) is 189 cm³/mol. The monoisotopic (exact) mass is 732 g/mol. The van der Waals surface area contributed by atoms with Gasteiger partial charge in [-0.15, -0.1) is 0 Å². The highest BCUT2D eigenvalue weighted by molar-refractivity contribution is 7.90. The standard InChI is InChI=1S/C34H35Cl3N4O6S/c1-22-27(35)8-4-10-31(22)46-14-5-11-32(42)41-13-6-15-47-33-25(7-3-9-30(33)41)24-19-39-40(20-24)21-26-28(36)17-23(18-29(26)37)34(43)38-12-16-48(2,44)45/h3-4,7-10,17-20H,5-6,11-16,21H2,1-2H3,(H,38,43). The number of carbonyl (C=O) groups is 2. The Balaban J connectivity index is 1.27. The van der Waals surface area contributed by atoms with E-state index in [1.165, 1.54) is 12.1 Å². The van der Waals surface area contributed by atoms with E-state index in [-0.39, 0.29) is 40.4 Å². The van der Waals surface area contributed by atoms with E-state index < -0.39 is 15.7 Å². The SMILES string of the molecule is Cc1c(Cl)cccc1OCCCC(=O)N1CCCOc2c(-c3cnn(Cc4c(Cl)cc(C(=O)NCCS(C)(=O)=O)cc4Cl)c3)cccc21. The van der Waals surface area contributed by atoms with E-state index in [4.69, 9.17) is 44.3 Å². The molecule has 0 aliphatic carbocycles. The number of para-hydroxylation sites is 1. The first kappa shape index (κ1) is 35.5. The summed E-state index contributed by atoms with van der Waals surface area (Å²) >= 11 is 19.3. The van der Waals surface area contributed by atoms with Crippen molar-refractivity contribution in [2.75, 3.05) is 43.2 Å². The first-order chi connectivity index (χ1) is 22.9. The van der Waals surface area contributed by atoms with E-state index >= 15 is 0 Å². The van der Waals surface area contributed by atoms with Crippen LogP contribution in [0.2, 0.25) is 15.1 Å². The van der Waals surface area contributed by atoms with Gasteiger partial charge in [-0.1, -0.05) is 53.0 Å². The Bertz CT molecular complexity index is 1910. The lowest BCUT2D eigenvalue weighted by Crippen LogP contribution is -2.31. The number of anilines is 1. The van der Waals surface area contributed by atoms with Gasteiger partial charge >= 0.3 is 0 Å². The lowest BCUT2D eigenvalue weighted by atomic mass is 10.1. The van der Waals surface area contributed by atoms with Crippen LogP contribution in [0, 0.1) is 6.92 Å². The molecular weight excluding hydrogens is 699 g/mol. The lowest BCUT2D eigenvalue weighted by molar-refractivity contribution is -0.118. The highest BCUT2D eigenvalue weighted by Gasteiger charge is 2.25. The van der Waals surface area contributed by atoms with Gasteiger partial charge in [0.05, 0.1) is 37.4 Å². The number of nitrogens with zero attached hydrogens (tertiary/aromatic N) is 3. The molecule has 254 valence electrons. The third-order valence-electron chi connectivity index (χ3n) is 7.80. The maximum Gasteiger partial charge on any atom is 0.251 e. The van der Waals surface area contributed by atoms with Crippen LogP contribution in [0.25, 0.3) is 11.1 Å². The van der Waals surface area contributed by atoms with Gasteiger partial charge in [0.2, 0.25) is 5.91 Å². The molecule has 0 fully saturated rings. The second kappa shape index (κ2) is 15.6.